The van der Waals surface area contributed by atoms with Crippen LogP contribution in [0.1, 0.15) is 0 Å². The molecule has 1 aromatic rings. The fourth-order valence-corrected chi connectivity index (χ4v) is 1.47. The number of hydrogen-bond acceptors (Lipinski definition) is 3. The van der Waals surface area contributed by atoms with Gasteiger partial charge in [-0.15, -0.1) is 5.10 Å². The Labute approximate surface area is 73.9 Å². The molecule has 0 saturated carbocycles. The summed E-state index contributed by atoms with van der Waals surface area (Å²) in [7, 11) is 0. The number of aldehydes is 1. The third-order valence-electron chi connectivity index (χ3n) is 0.848. The van der Waals surface area contributed by atoms with Crippen molar-refractivity contribution in [3.63, 3.8) is 0 Å². The highest BCUT2D eigenvalue weighted by Gasteiger charge is 2.02. The fourth-order valence-electron chi connectivity index (χ4n) is 0.484. The lowest BCUT2D eigenvalue weighted by Crippen LogP contribution is -2.00. The Bertz CT molecular complexity index is 247. The summed E-state index contributed by atoms with van der Waals surface area (Å²) < 4.78 is 2.46. The van der Waals surface area contributed by atoms with E-state index in [1.807, 2.05) is 0 Å². The summed E-state index contributed by atoms with van der Waals surface area (Å²) >= 11 is 6.18. The molecule has 0 saturated heterocycles. The van der Waals surface area contributed by atoms with Crippen LogP contribution in [0, 0.1) is 0 Å². The Morgan fingerprint density at radius 2 is 2.30 bits per heavy atom. The molecule has 1 aromatic heterocycles. The standard InChI is InChI=1S/C4H3Br2N3O/c5-3-7-4(6)9(8-3)1-2-10/h2H,1H2. The Morgan fingerprint density at radius 1 is 1.60 bits per heavy atom. The summed E-state index contributed by atoms with van der Waals surface area (Å²) in [6.45, 7) is 0.221. The first-order chi connectivity index (χ1) is 4.74. The van der Waals surface area contributed by atoms with E-state index in [2.05, 4.69) is 41.9 Å². The van der Waals surface area contributed by atoms with Crippen LogP contribution in [0.25, 0.3) is 0 Å². The van der Waals surface area contributed by atoms with Gasteiger partial charge in [-0.2, -0.15) is 4.98 Å². The van der Waals surface area contributed by atoms with Crippen LogP contribution < -0.4 is 0 Å². The maximum atomic E-state index is 10.0. The number of carbonyl (C=O) groups is 1. The number of aromatic nitrogens is 3. The smallest absolute Gasteiger partial charge is 0.218 e. The molecule has 6 heteroatoms. The average Bonchev–Trinajstić information content (AvgIpc) is 2.13. The molecule has 0 radical (unpaired) electrons. The van der Waals surface area contributed by atoms with Crippen molar-refractivity contribution >= 4 is 38.1 Å². The van der Waals surface area contributed by atoms with Crippen molar-refractivity contribution in [2.45, 2.75) is 6.54 Å². The third-order valence-corrected chi connectivity index (χ3v) is 1.77. The summed E-state index contributed by atoms with van der Waals surface area (Å²) in [5.74, 6) is 0. The van der Waals surface area contributed by atoms with Gasteiger partial charge < -0.3 is 4.79 Å². The van der Waals surface area contributed by atoms with E-state index in [0.717, 1.165) is 6.29 Å². The maximum absolute atomic E-state index is 10.0. The van der Waals surface area contributed by atoms with Crippen molar-refractivity contribution in [2.75, 3.05) is 0 Å². The molecule has 0 amide bonds. The van der Waals surface area contributed by atoms with Gasteiger partial charge in [-0.05, 0) is 31.9 Å². The summed E-state index contributed by atoms with van der Waals surface area (Å²) in [5, 5.41) is 3.84. The predicted octanol–water partition coefficient (Wildman–Crippen LogP) is 1.00. The van der Waals surface area contributed by atoms with Crippen molar-refractivity contribution in [1.29, 1.82) is 0 Å². The van der Waals surface area contributed by atoms with Gasteiger partial charge in [0.05, 0.1) is 6.54 Å². The van der Waals surface area contributed by atoms with E-state index < -0.39 is 0 Å². The van der Waals surface area contributed by atoms with E-state index in [9.17, 15) is 4.79 Å². The molecule has 0 spiro atoms. The number of rotatable bonds is 2. The SMILES string of the molecule is O=CCn1nc(Br)nc1Br. The van der Waals surface area contributed by atoms with Crippen LogP contribution in [0.15, 0.2) is 9.47 Å². The summed E-state index contributed by atoms with van der Waals surface area (Å²) in [6.07, 6.45) is 0.756. The molecule has 0 aliphatic carbocycles. The Balaban J connectivity index is 2.91. The zero-order valence-corrected chi connectivity index (χ0v) is 7.96. The maximum Gasteiger partial charge on any atom is 0.218 e. The van der Waals surface area contributed by atoms with Crippen molar-refractivity contribution in [2.24, 2.45) is 0 Å². The van der Waals surface area contributed by atoms with Crippen LogP contribution in [0.4, 0.5) is 0 Å². The largest absolute Gasteiger partial charge is 0.301 e. The summed E-state index contributed by atoms with van der Waals surface area (Å²) in [5.41, 5.74) is 0. The van der Waals surface area contributed by atoms with E-state index >= 15 is 0 Å². The fraction of sp³-hybridized carbons (Fsp3) is 0.250. The van der Waals surface area contributed by atoms with Crippen LogP contribution in [-0.2, 0) is 11.3 Å². The molecule has 4 nitrogen and oxygen atoms in total. The average molecular weight is 269 g/mol. The number of nitrogens with zero attached hydrogens (tertiary/aromatic N) is 3. The number of carbonyl (C=O) groups excluding carboxylic acids is 1. The highest BCUT2D eigenvalue weighted by Crippen LogP contribution is 2.09. The molecule has 0 aromatic carbocycles. The lowest BCUT2D eigenvalue weighted by atomic mass is 10.7. The van der Waals surface area contributed by atoms with Crippen LogP contribution in [0.2, 0.25) is 0 Å². The van der Waals surface area contributed by atoms with Gasteiger partial charge >= 0.3 is 0 Å². The molecular weight excluding hydrogens is 266 g/mol. The Hall–Kier alpha value is -0.230. The Kier molecular flexibility index (Phi) is 2.56. The first-order valence-corrected chi connectivity index (χ1v) is 4.02. The second-order valence-corrected chi connectivity index (χ2v) is 2.92. The zero-order valence-electron chi connectivity index (χ0n) is 4.79. The van der Waals surface area contributed by atoms with Gasteiger partial charge in [0.2, 0.25) is 4.73 Å². The third kappa shape index (κ3) is 1.63. The molecule has 1 rings (SSSR count). The summed E-state index contributed by atoms with van der Waals surface area (Å²) in [6, 6.07) is 0. The van der Waals surface area contributed by atoms with Gasteiger partial charge in [0.25, 0.3) is 0 Å². The second-order valence-electron chi connectivity index (χ2n) is 1.50. The van der Waals surface area contributed by atoms with Crippen LogP contribution in [-0.4, -0.2) is 21.1 Å². The molecule has 0 bridgehead atoms. The topological polar surface area (TPSA) is 47.8 Å². The highest BCUT2D eigenvalue weighted by atomic mass is 79.9. The van der Waals surface area contributed by atoms with Gasteiger partial charge in [-0.1, -0.05) is 0 Å². The quantitative estimate of drug-likeness (QED) is 0.752. The van der Waals surface area contributed by atoms with Gasteiger partial charge in [0, 0.05) is 0 Å². The normalized spacial score (nSPS) is 9.80. The highest BCUT2D eigenvalue weighted by molar-refractivity contribution is 9.11. The number of hydrogen-bond donors (Lipinski definition) is 0. The van der Waals surface area contributed by atoms with Crippen LogP contribution in [0.5, 0.6) is 0 Å². The van der Waals surface area contributed by atoms with E-state index in [-0.39, 0.29) is 6.54 Å². The molecular formula is C4H3Br2N3O. The van der Waals surface area contributed by atoms with Crippen molar-refractivity contribution < 1.29 is 4.79 Å². The van der Waals surface area contributed by atoms with E-state index in [0.29, 0.717) is 9.47 Å². The lowest BCUT2D eigenvalue weighted by molar-refractivity contribution is -0.108. The first kappa shape index (κ1) is 7.87. The zero-order chi connectivity index (χ0) is 7.56. The number of halogens is 2. The molecule has 0 atom stereocenters. The molecule has 0 aliphatic heterocycles. The van der Waals surface area contributed by atoms with Crippen LogP contribution >= 0.6 is 31.9 Å². The molecule has 54 valence electrons. The molecule has 0 unspecified atom stereocenters. The van der Waals surface area contributed by atoms with Gasteiger partial charge in [-0.3, -0.25) is 0 Å². The molecule has 10 heavy (non-hydrogen) atoms. The molecule has 1 heterocycles. The van der Waals surface area contributed by atoms with Gasteiger partial charge in [-0.25, -0.2) is 4.68 Å². The van der Waals surface area contributed by atoms with Gasteiger partial charge in [0.1, 0.15) is 6.29 Å². The summed E-state index contributed by atoms with van der Waals surface area (Å²) in [4.78, 5) is 13.9. The molecule has 0 aliphatic rings. The minimum atomic E-state index is 0.221. The van der Waals surface area contributed by atoms with E-state index in [4.69, 9.17) is 0 Å². The van der Waals surface area contributed by atoms with Gasteiger partial charge in [0.15, 0.2) is 4.73 Å². The van der Waals surface area contributed by atoms with Crippen molar-refractivity contribution in [1.82, 2.24) is 14.8 Å². The van der Waals surface area contributed by atoms with E-state index in [1.165, 1.54) is 4.68 Å². The molecule has 0 N–H and O–H groups in total. The molecule has 0 fully saturated rings. The van der Waals surface area contributed by atoms with Crippen molar-refractivity contribution in [3.05, 3.63) is 9.47 Å². The predicted molar refractivity (Wildman–Crippen MR) is 41.5 cm³/mol. The monoisotopic (exact) mass is 267 g/mol. The van der Waals surface area contributed by atoms with Crippen LogP contribution in [0.3, 0.4) is 0 Å². The minimum Gasteiger partial charge on any atom is -0.301 e. The second kappa shape index (κ2) is 3.25. The first-order valence-electron chi connectivity index (χ1n) is 2.43. The Morgan fingerprint density at radius 3 is 2.70 bits per heavy atom. The minimum absolute atomic E-state index is 0.221. The van der Waals surface area contributed by atoms with E-state index in [1.54, 1.807) is 0 Å². The van der Waals surface area contributed by atoms with Crippen molar-refractivity contribution in [3.8, 4) is 0 Å². The lowest BCUT2D eigenvalue weighted by Gasteiger charge is -1.90.